The second kappa shape index (κ2) is 6.69. The molecular formula is C19H18ClN3O2. The summed E-state index contributed by atoms with van der Waals surface area (Å²) in [6, 6.07) is 14.3. The smallest absolute Gasteiger partial charge is 0.259 e. The average molecular weight is 356 g/mol. The standard InChI is InChI=1S/C19H18ClN3O2/c1-19(2,3)22-17(24)14-6-4-5-7-15(14)18-21-16(23-25-18)12-8-10-13(20)11-9-12/h4-11H,1-3H3,(H,22,24). The maximum Gasteiger partial charge on any atom is 0.259 e. The second-order valence-electron chi connectivity index (χ2n) is 6.68. The number of halogens is 1. The minimum absolute atomic E-state index is 0.186. The van der Waals surface area contributed by atoms with Crippen molar-refractivity contribution in [3.63, 3.8) is 0 Å². The minimum Gasteiger partial charge on any atom is -0.347 e. The Labute approximate surface area is 151 Å². The molecule has 128 valence electrons. The van der Waals surface area contributed by atoms with Crippen LogP contribution in [-0.4, -0.2) is 21.6 Å². The highest BCUT2D eigenvalue weighted by molar-refractivity contribution is 6.30. The highest BCUT2D eigenvalue weighted by atomic mass is 35.5. The first-order chi connectivity index (χ1) is 11.8. The van der Waals surface area contributed by atoms with E-state index in [2.05, 4.69) is 15.5 Å². The maximum atomic E-state index is 12.6. The molecule has 2 aromatic carbocycles. The molecule has 0 atom stereocenters. The summed E-state index contributed by atoms with van der Waals surface area (Å²) < 4.78 is 5.38. The van der Waals surface area contributed by atoms with Gasteiger partial charge in [-0.05, 0) is 57.2 Å². The Hall–Kier alpha value is -2.66. The molecule has 0 fully saturated rings. The number of rotatable bonds is 3. The van der Waals surface area contributed by atoms with Crippen LogP contribution in [0.4, 0.5) is 0 Å². The van der Waals surface area contributed by atoms with Crippen LogP contribution >= 0.6 is 11.6 Å². The number of nitrogens with one attached hydrogen (secondary N) is 1. The molecule has 1 N–H and O–H groups in total. The van der Waals surface area contributed by atoms with Crippen molar-refractivity contribution in [2.45, 2.75) is 26.3 Å². The van der Waals surface area contributed by atoms with Crippen molar-refractivity contribution in [1.82, 2.24) is 15.5 Å². The van der Waals surface area contributed by atoms with E-state index in [1.54, 1.807) is 30.3 Å². The van der Waals surface area contributed by atoms with E-state index in [1.165, 1.54) is 0 Å². The first-order valence-electron chi connectivity index (χ1n) is 7.85. The fourth-order valence-corrected chi connectivity index (χ4v) is 2.45. The highest BCUT2D eigenvalue weighted by Crippen LogP contribution is 2.26. The number of carbonyl (C=O) groups is 1. The fraction of sp³-hybridized carbons (Fsp3) is 0.211. The molecule has 0 saturated carbocycles. The first kappa shape index (κ1) is 17.2. The van der Waals surface area contributed by atoms with Crippen molar-refractivity contribution in [3.05, 3.63) is 59.1 Å². The van der Waals surface area contributed by atoms with Crippen LogP contribution in [0.1, 0.15) is 31.1 Å². The molecule has 0 unspecified atom stereocenters. The zero-order valence-corrected chi connectivity index (χ0v) is 15.0. The van der Waals surface area contributed by atoms with E-state index in [0.29, 0.717) is 27.9 Å². The van der Waals surface area contributed by atoms with Gasteiger partial charge in [0.05, 0.1) is 11.1 Å². The summed E-state index contributed by atoms with van der Waals surface area (Å²) in [4.78, 5) is 17.0. The molecule has 3 rings (SSSR count). The number of aromatic nitrogens is 2. The van der Waals surface area contributed by atoms with Gasteiger partial charge in [0, 0.05) is 16.1 Å². The van der Waals surface area contributed by atoms with Crippen LogP contribution in [0.2, 0.25) is 5.02 Å². The van der Waals surface area contributed by atoms with Gasteiger partial charge in [0.25, 0.3) is 11.8 Å². The van der Waals surface area contributed by atoms with Crippen LogP contribution in [0.25, 0.3) is 22.8 Å². The second-order valence-corrected chi connectivity index (χ2v) is 7.12. The lowest BCUT2D eigenvalue weighted by Gasteiger charge is -2.21. The SMILES string of the molecule is CC(C)(C)NC(=O)c1ccccc1-c1nc(-c2ccc(Cl)cc2)no1. The number of nitrogens with zero attached hydrogens (tertiary/aromatic N) is 2. The van der Waals surface area contributed by atoms with Crippen molar-refractivity contribution >= 4 is 17.5 Å². The predicted molar refractivity (Wildman–Crippen MR) is 97.4 cm³/mol. The van der Waals surface area contributed by atoms with Gasteiger partial charge in [0.1, 0.15) is 0 Å². The summed E-state index contributed by atoms with van der Waals surface area (Å²) in [6.45, 7) is 5.79. The van der Waals surface area contributed by atoms with E-state index in [-0.39, 0.29) is 11.4 Å². The summed E-state index contributed by atoms with van der Waals surface area (Å²) in [5.41, 5.74) is 1.53. The summed E-state index contributed by atoms with van der Waals surface area (Å²) in [7, 11) is 0. The number of hydrogen-bond donors (Lipinski definition) is 1. The van der Waals surface area contributed by atoms with Gasteiger partial charge in [0.15, 0.2) is 0 Å². The number of hydrogen-bond acceptors (Lipinski definition) is 4. The van der Waals surface area contributed by atoms with Gasteiger partial charge in [-0.2, -0.15) is 4.98 Å². The third-order valence-electron chi connectivity index (χ3n) is 3.42. The number of benzene rings is 2. The van der Waals surface area contributed by atoms with Crippen LogP contribution in [0.15, 0.2) is 53.1 Å². The zero-order valence-electron chi connectivity index (χ0n) is 14.2. The predicted octanol–water partition coefficient (Wildman–Crippen LogP) is 4.59. The molecule has 1 heterocycles. The molecule has 5 nitrogen and oxygen atoms in total. The Morgan fingerprint density at radius 1 is 1.08 bits per heavy atom. The van der Waals surface area contributed by atoms with Crippen molar-refractivity contribution in [3.8, 4) is 22.8 Å². The summed E-state index contributed by atoms with van der Waals surface area (Å²) in [5, 5.41) is 7.59. The summed E-state index contributed by atoms with van der Waals surface area (Å²) >= 11 is 5.90. The summed E-state index contributed by atoms with van der Waals surface area (Å²) in [5.74, 6) is 0.552. The number of carbonyl (C=O) groups excluding carboxylic acids is 1. The monoisotopic (exact) mass is 355 g/mol. The molecule has 0 radical (unpaired) electrons. The van der Waals surface area contributed by atoms with Crippen molar-refractivity contribution in [2.75, 3.05) is 0 Å². The lowest BCUT2D eigenvalue weighted by Crippen LogP contribution is -2.40. The van der Waals surface area contributed by atoms with E-state index < -0.39 is 0 Å². The van der Waals surface area contributed by atoms with Gasteiger partial charge >= 0.3 is 0 Å². The molecule has 25 heavy (non-hydrogen) atoms. The molecule has 0 saturated heterocycles. The van der Waals surface area contributed by atoms with E-state index in [1.807, 2.05) is 39.0 Å². The van der Waals surface area contributed by atoms with Crippen LogP contribution in [0, 0.1) is 0 Å². The number of amides is 1. The van der Waals surface area contributed by atoms with Crippen molar-refractivity contribution in [1.29, 1.82) is 0 Å². The van der Waals surface area contributed by atoms with E-state index >= 15 is 0 Å². The lowest BCUT2D eigenvalue weighted by molar-refractivity contribution is 0.0920. The lowest BCUT2D eigenvalue weighted by atomic mass is 10.0. The zero-order chi connectivity index (χ0) is 18.0. The van der Waals surface area contributed by atoms with E-state index in [0.717, 1.165) is 5.56 Å². The fourth-order valence-electron chi connectivity index (χ4n) is 2.32. The van der Waals surface area contributed by atoms with E-state index in [9.17, 15) is 4.79 Å². The molecular weight excluding hydrogens is 338 g/mol. The Balaban J connectivity index is 1.95. The van der Waals surface area contributed by atoms with Crippen molar-refractivity contribution < 1.29 is 9.32 Å². The molecule has 6 heteroatoms. The highest BCUT2D eigenvalue weighted by Gasteiger charge is 2.21. The maximum absolute atomic E-state index is 12.6. The summed E-state index contributed by atoms with van der Waals surface area (Å²) in [6.07, 6.45) is 0. The van der Waals surface area contributed by atoms with Crippen molar-refractivity contribution in [2.24, 2.45) is 0 Å². The molecule has 0 bridgehead atoms. The van der Waals surface area contributed by atoms with Gasteiger partial charge < -0.3 is 9.84 Å². The molecule has 0 aliphatic heterocycles. The normalized spacial score (nSPS) is 11.4. The Bertz CT molecular complexity index is 896. The van der Waals surface area contributed by atoms with Gasteiger partial charge in [-0.3, -0.25) is 4.79 Å². The minimum atomic E-state index is -0.340. The third kappa shape index (κ3) is 4.06. The Morgan fingerprint density at radius 2 is 1.76 bits per heavy atom. The quantitative estimate of drug-likeness (QED) is 0.746. The van der Waals surface area contributed by atoms with Gasteiger partial charge in [0.2, 0.25) is 5.82 Å². The Kier molecular flexibility index (Phi) is 4.59. The molecule has 3 aromatic rings. The molecule has 0 aliphatic rings. The first-order valence-corrected chi connectivity index (χ1v) is 8.23. The van der Waals surface area contributed by atoms with Crippen LogP contribution < -0.4 is 5.32 Å². The Morgan fingerprint density at radius 3 is 2.44 bits per heavy atom. The molecule has 0 spiro atoms. The van der Waals surface area contributed by atoms with Gasteiger partial charge in [-0.1, -0.05) is 28.9 Å². The molecule has 1 amide bonds. The molecule has 0 aliphatic carbocycles. The molecule has 1 aromatic heterocycles. The third-order valence-corrected chi connectivity index (χ3v) is 3.67. The van der Waals surface area contributed by atoms with Crippen LogP contribution in [0.3, 0.4) is 0 Å². The van der Waals surface area contributed by atoms with Gasteiger partial charge in [-0.25, -0.2) is 0 Å². The largest absolute Gasteiger partial charge is 0.347 e. The van der Waals surface area contributed by atoms with Crippen LogP contribution in [-0.2, 0) is 0 Å². The van der Waals surface area contributed by atoms with Gasteiger partial charge in [-0.15, -0.1) is 0 Å². The average Bonchev–Trinajstić information content (AvgIpc) is 3.04. The topological polar surface area (TPSA) is 68.0 Å². The van der Waals surface area contributed by atoms with Crippen LogP contribution in [0.5, 0.6) is 0 Å². The van der Waals surface area contributed by atoms with E-state index in [4.69, 9.17) is 16.1 Å².